The molecule has 0 heterocycles. The van der Waals surface area contributed by atoms with Crippen molar-refractivity contribution in [3.8, 4) is 0 Å². The molecule has 11 heteroatoms. The van der Waals surface area contributed by atoms with Gasteiger partial charge in [0.1, 0.15) is 0 Å². The highest BCUT2D eigenvalue weighted by molar-refractivity contribution is 5.79. The number of hydrogen-bond donors (Lipinski definition) is 6. The molecule has 6 N–H and O–H groups in total. The second-order valence-corrected chi connectivity index (χ2v) is 11.9. The summed E-state index contributed by atoms with van der Waals surface area (Å²) in [6.07, 6.45) is 12.0. The Kier molecular flexibility index (Phi) is 18.2. The summed E-state index contributed by atoms with van der Waals surface area (Å²) in [6.45, 7) is 1.51. The minimum atomic E-state index is -0.111. The SMILES string of the molecule is O=C(C1CCC(CC=C(CCC2CCC(C(=O)N(CCO)CCO)CC2)N(CCO)CCO)CC1)N(CCO)CCO. The first-order valence-electron chi connectivity index (χ1n) is 16.1. The molecule has 244 valence electrons. The molecule has 11 nitrogen and oxygen atoms in total. The number of carbonyl (C=O) groups excluding carboxylic acids is 2. The van der Waals surface area contributed by atoms with Crippen molar-refractivity contribution in [2.75, 3.05) is 78.9 Å². The Bertz CT molecular complexity index is 764. The molecule has 0 aromatic heterocycles. The Morgan fingerprint density at radius 2 is 0.881 bits per heavy atom. The van der Waals surface area contributed by atoms with Gasteiger partial charge in [0.2, 0.25) is 11.8 Å². The normalized spacial score (nSPS) is 23.0. The van der Waals surface area contributed by atoms with Crippen molar-refractivity contribution in [1.82, 2.24) is 14.7 Å². The zero-order valence-electron chi connectivity index (χ0n) is 25.5. The molecule has 0 bridgehead atoms. The summed E-state index contributed by atoms with van der Waals surface area (Å²) >= 11 is 0. The van der Waals surface area contributed by atoms with Gasteiger partial charge in [-0.2, -0.15) is 0 Å². The Labute approximate surface area is 251 Å². The van der Waals surface area contributed by atoms with Crippen LogP contribution in [0.3, 0.4) is 0 Å². The third-order valence-electron chi connectivity index (χ3n) is 9.14. The number of allylic oxidation sites excluding steroid dienone is 2. The van der Waals surface area contributed by atoms with Gasteiger partial charge in [-0.1, -0.05) is 6.08 Å². The van der Waals surface area contributed by atoms with E-state index in [1.807, 2.05) is 0 Å². The molecule has 0 aromatic carbocycles. The van der Waals surface area contributed by atoms with Crippen molar-refractivity contribution in [2.24, 2.45) is 23.7 Å². The highest BCUT2D eigenvalue weighted by Gasteiger charge is 2.31. The molecule has 2 fully saturated rings. The molecule has 42 heavy (non-hydrogen) atoms. The molecular formula is C31H57N3O8. The summed E-state index contributed by atoms with van der Waals surface area (Å²) in [5, 5.41) is 56.4. The van der Waals surface area contributed by atoms with E-state index in [1.165, 1.54) is 0 Å². The van der Waals surface area contributed by atoms with Gasteiger partial charge in [-0.15, -0.1) is 0 Å². The number of aliphatic hydroxyl groups is 6. The lowest BCUT2D eigenvalue weighted by molar-refractivity contribution is -0.138. The van der Waals surface area contributed by atoms with E-state index in [0.29, 0.717) is 24.9 Å². The standard InChI is InChI=1S/C31H57N3O8/c35-19-13-32(14-20-36)29(11-5-25-1-7-27(8-2-25)30(41)33(15-21-37)16-22-38)12-6-26-3-9-28(10-4-26)31(42)34(17-23-39)18-24-40/h11,25-28,35-40H,1-10,12-24H2. The van der Waals surface area contributed by atoms with Crippen LogP contribution in [-0.4, -0.2) is 136 Å². The van der Waals surface area contributed by atoms with Crippen LogP contribution in [0.2, 0.25) is 0 Å². The van der Waals surface area contributed by atoms with Gasteiger partial charge < -0.3 is 45.3 Å². The Morgan fingerprint density at radius 1 is 0.524 bits per heavy atom. The van der Waals surface area contributed by atoms with E-state index in [9.17, 15) is 40.2 Å². The van der Waals surface area contributed by atoms with Gasteiger partial charge in [0, 0.05) is 56.8 Å². The molecule has 2 amide bonds. The molecule has 2 rings (SSSR count). The molecule has 0 unspecified atom stereocenters. The van der Waals surface area contributed by atoms with E-state index in [2.05, 4.69) is 11.0 Å². The maximum Gasteiger partial charge on any atom is 0.225 e. The van der Waals surface area contributed by atoms with Crippen LogP contribution in [0, 0.1) is 23.7 Å². The Morgan fingerprint density at radius 3 is 1.26 bits per heavy atom. The molecule has 0 radical (unpaired) electrons. The highest BCUT2D eigenvalue weighted by Crippen LogP contribution is 2.35. The third kappa shape index (κ3) is 12.1. The summed E-state index contributed by atoms with van der Waals surface area (Å²) in [4.78, 5) is 30.9. The molecule has 2 saturated carbocycles. The van der Waals surface area contributed by atoms with Crippen LogP contribution in [0.15, 0.2) is 11.8 Å². The van der Waals surface area contributed by atoms with E-state index in [-0.39, 0.29) is 89.5 Å². The van der Waals surface area contributed by atoms with Crippen molar-refractivity contribution in [3.63, 3.8) is 0 Å². The molecule has 0 atom stereocenters. The fraction of sp³-hybridized carbons (Fsp3) is 0.871. The molecule has 0 spiro atoms. The van der Waals surface area contributed by atoms with Gasteiger partial charge in [0.05, 0.1) is 39.6 Å². The predicted octanol–water partition coefficient (Wildman–Crippen LogP) is 0.566. The van der Waals surface area contributed by atoms with Crippen LogP contribution in [0.4, 0.5) is 0 Å². The summed E-state index contributed by atoms with van der Waals surface area (Å²) in [5.41, 5.74) is 1.14. The summed E-state index contributed by atoms with van der Waals surface area (Å²) in [7, 11) is 0. The first-order valence-corrected chi connectivity index (χ1v) is 16.1. The van der Waals surface area contributed by atoms with E-state index >= 15 is 0 Å². The Hall–Kier alpha value is -1.76. The number of amides is 2. The quantitative estimate of drug-likeness (QED) is 0.117. The van der Waals surface area contributed by atoms with Crippen LogP contribution in [0.5, 0.6) is 0 Å². The summed E-state index contributed by atoms with van der Waals surface area (Å²) in [6, 6.07) is 0. The van der Waals surface area contributed by atoms with Crippen LogP contribution >= 0.6 is 0 Å². The fourth-order valence-electron chi connectivity index (χ4n) is 6.69. The Balaban J connectivity index is 1.93. The molecule has 0 saturated heterocycles. The predicted molar refractivity (Wildman–Crippen MR) is 160 cm³/mol. The molecule has 0 aliphatic heterocycles. The van der Waals surface area contributed by atoms with Crippen molar-refractivity contribution in [3.05, 3.63) is 11.8 Å². The number of hydrogen-bond acceptors (Lipinski definition) is 9. The summed E-state index contributed by atoms with van der Waals surface area (Å²) in [5.74, 6) is 0.880. The lowest BCUT2D eigenvalue weighted by Crippen LogP contribution is -2.41. The topological polar surface area (TPSA) is 165 Å². The second kappa shape index (κ2) is 21.0. The molecular weight excluding hydrogens is 542 g/mol. The van der Waals surface area contributed by atoms with E-state index in [0.717, 1.165) is 76.3 Å². The van der Waals surface area contributed by atoms with Crippen LogP contribution in [0.25, 0.3) is 0 Å². The smallest absolute Gasteiger partial charge is 0.225 e. The van der Waals surface area contributed by atoms with Crippen molar-refractivity contribution < 1.29 is 40.2 Å². The average Bonchev–Trinajstić information content (AvgIpc) is 3.01. The van der Waals surface area contributed by atoms with Crippen molar-refractivity contribution in [2.45, 2.75) is 70.6 Å². The maximum absolute atomic E-state index is 12.9. The zero-order chi connectivity index (χ0) is 30.7. The summed E-state index contributed by atoms with van der Waals surface area (Å²) < 4.78 is 0. The zero-order valence-corrected chi connectivity index (χ0v) is 25.5. The number of nitrogens with zero attached hydrogens (tertiary/aromatic N) is 3. The van der Waals surface area contributed by atoms with Crippen molar-refractivity contribution in [1.29, 1.82) is 0 Å². The number of carbonyl (C=O) groups is 2. The number of rotatable bonds is 20. The first-order chi connectivity index (χ1) is 20.4. The molecule has 2 aliphatic carbocycles. The fourth-order valence-corrected chi connectivity index (χ4v) is 6.69. The first kappa shape index (κ1) is 36.4. The third-order valence-corrected chi connectivity index (χ3v) is 9.14. The van der Waals surface area contributed by atoms with Gasteiger partial charge in [-0.25, -0.2) is 0 Å². The van der Waals surface area contributed by atoms with Crippen LogP contribution in [0.1, 0.15) is 70.6 Å². The average molecular weight is 600 g/mol. The minimum absolute atomic E-state index is 0.00808. The van der Waals surface area contributed by atoms with E-state index in [4.69, 9.17) is 0 Å². The second-order valence-electron chi connectivity index (χ2n) is 11.9. The van der Waals surface area contributed by atoms with Gasteiger partial charge in [0.15, 0.2) is 0 Å². The van der Waals surface area contributed by atoms with E-state index < -0.39 is 0 Å². The van der Waals surface area contributed by atoms with Crippen LogP contribution < -0.4 is 0 Å². The molecule has 2 aliphatic rings. The van der Waals surface area contributed by atoms with E-state index in [1.54, 1.807) is 9.80 Å². The largest absolute Gasteiger partial charge is 0.395 e. The van der Waals surface area contributed by atoms with Crippen LogP contribution in [-0.2, 0) is 9.59 Å². The van der Waals surface area contributed by atoms with Gasteiger partial charge >= 0.3 is 0 Å². The molecule has 0 aromatic rings. The monoisotopic (exact) mass is 599 g/mol. The number of aliphatic hydroxyl groups excluding tert-OH is 6. The minimum Gasteiger partial charge on any atom is -0.395 e. The van der Waals surface area contributed by atoms with Crippen molar-refractivity contribution >= 4 is 11.8 Å². The van der Waals surface area contributed by atoms with Gasteiger partial charge in [-0.3, -0.25) is 9.59 Å². The van der Waals surface area contributed by atoms with Gasteiger partial charge in [-0.05, 0) is 82.5 Å². The lowest BCUT2D eigenvalue weighted by Gasteiger charge is -2.33. The van der Waals surface area contributed by atoms with Gasteiger partial charge in [0.25, 0.3) is 0 Å². The lowest BCUT2D eigenvalue weighted by atomic mass is 9.78. The highest BCUT2D eigenvalue weighted by atomic mass is 16.3. The maximum atomic E-state index is 12.9.